The highest BCUT2D eigenvalue weighted by Gasteiger charge is 2.22. The largest absolute Gasteiger partial charge is 0.377 e. The van der Waals surface area contributed by atoms with Gasteiger partial charge in [-0.2, -0.15) is 10.2 Å². The zero-order valence-corrected chi connectivity index (χ0v) is 17.6. The van der Waals surface area contributed by atoms with E-state index < -0.39 is 0 Å². The Morgan fingerprint density at radius 2 is 2.21 bits per heavy atom. The number of methoxy groups -OCH3 is 1. The molecule has 0 spiro atoms. The van der Waals surface area contributed by atoms with Crippen LogP contribution in [0.3, 0.4) is 0 Å². The van der Waals surface area contributed by atoms with E-state index in [1.54, 1.807) is 14.2 Å². The summed E-state index contributed by atoms with van der Waals surface area (Å²) in [5, 5.41) is 16.0. The van der Waals surface area contributed by atoms with Gasteiger partial charge in [-0.05, 0) is 32.3 Å². The summed E-state index contributed by atoms with van der Waals surface area (Å²) < 4.78 is 9.18. The molecule has 9 nitrogen and oxygen atoms in total. The minimum Gasteiger partial charge on any atom is -0.377 e. The number of ether oxygens (including phenoxy) is 1. The predicted octanol–water partition coefficient (Wildman–Crippen LogP) is 1.05. The topological polar surface area (TPSA) is 94.2 Å². The van der Waals surface area contributed by atoms with Gasteiger partial charge in [0.05, 0.1) is 12.2 Å². The maximum absolute atomic E-state index is 5.13. The molecule has 3 rings (SSSR count). The second-order valence-corrected chi connectivity index (χ2v) is 7.61. The molecule has 0 bridgehead atoms. The van der Waals surface area contributed by atoms with Gasteiger partial charge in [-0.15, -0.1) is 0 Å². The van der Waals surface area contributed by atoms with Gasteiger partial charge in [0, 0.05) is 45.4 Å². The highest BCUT2D eigenvalue weighted by atomic mass is 16.5. The molecule has 9 heteroatoms. The van der Waals surface area contributed by atoms with E-state index in [1.807, 2.05) is 11.6 Å². The van der Waals surface area contributed by atoms with Gasteiger partial charge in [0.25, 0.3) is 0 Å². The fourth-order valence-corrected chi connectivity index (χ4v) is 3.55. The minimum absolute atomic E-state index is 0.280. The summed E-state index contributed by atoms with van der Waals surface area (Å²) in [6.45, 7) is 9.30. The van der Waals surface area contributed by atoms with Gasteiger partial charge in [0.1, 0.15) is 12.4 Å². The Balaban J connectivity index is 1.48. The van der Waals surface area contributed by atoms with E-state index in [-0.39, 0.29) is 6.04 Å². The smallest absolute Gasteiger partial charge is 0.191 e. The molecule has 28 heavy (non-hydrogen) atoms. The maximum Gasteiger partial charge on any atom is 0.191 e. The van der Waals surface area contributed by atoms with Crippen LogP contribution in [-0.2, 0) is 30.9 Å². The molecular weight excluding hydrogens is 356 g/mol. The lowest BCUT2D eigenvalue weighted by Crippen LogP contribution is -2.48. The number of guanidine groups is 1. The van der Waals surface area contributed by atoms with Gasteiger partial charge in [0.15, 0.2) is 11.8 Å². The third-order valence-electron chi connectivity index (χ3n) is 4.95. The molecule has 1 aliphatic heterocycles. The van der Waals surface area contributed by atoms with Crippen LogP contribution in [0.5, 0.6) is 0 Å². The summed E-state index contributed by atoms with van der Waals surface area (Å²) in [5.41, 5.74) is 2.26. The average molecular weight is 389 g/mol. The maximum atomic E-state index is 5.13. The SMILES string of the molecule is CN=C(NCC(C)Cn1nc(C)cc1C)NC1CCc2nc(COC)nn2C1. The van der Waals surface area contributed by atoms with Crippen molar-refractivity contribution in [2.75, 3.05) is 20.7 Å². The van der Waals surface area contributed by atoms with Crippen molar-refractivity contribution >= 4 is 5.96 Å². The number of aromatic nitrogens is 5. The van der Waals surface area contributed by atoms with E-state index in [1.165, 1.54) is 5.69 Å². The van der Waals surface area contributed by atoms with Crippen LogP contribution in [0.1, 0.15) is 36.4 Å². The fourth-order valence-electron chi connectivity index (χ4n) is 3.55. The number of nitrogens with one attached hydrogen (secondary N) is 2. The van der Waals surface area contributed by atoms with E-state index in [2.05, 4.69) is 55.4 Å². The molecule has 2 aromatic rings. The molecular formula is C19H32N8O. The van der Waals surface area contributed by atoms with Crippen LogP contribution in [-0.4, -0.2) is 57.2 Å². The van der Waals surface area contributed by atoms with Gasteiger partial charge in [-0.1, -0.05) is 6.92 Å². The van der Waals surface area contributed by atoms with E-state index in [0.717, 1.165) is 55.8 Å². The molecule has 0 saturated heterocycles. The first-order valence-electron chi connectivity index (χ1n) is 9.88. The molecule has 2 aromatic heterocycles. The van der Waals surface area contributed by atoms with Crippen molar-refractivity contribution in [1.29, 1.82) is 0 Å². The summed E-state index contributed by atoms with van der Waals surface area (Å²) >= 11 is 0. The second kappa shape index (κ2) is 9.18. The molecule has 0 aromatic carbocycles. The van der Waals surface area contributed by atoms with Crippen LogP contribution in [0.25, 0.3) is 0 Å². The first kappa shape index (κ1) is 20.3. The molecule has 0 amide bonds. The van der Waals surface area contributed by atoms with E-state index >= 15 is 0 Å². The molecule has 154 valence electrons. The number of rotatable bonds is 7. The average Bonchev–Trinajstić information content (AvgIpc) is 3.20. The number of aryl methyl sites for hydroxylation is 3. The lowest BCUT2D eigenvalue weighted by atomic mass is 10.1. The molecule has 2 unspecified atom stereocenters. The van der Waals surface area contributed by atoms with Crippen molar-refractivity contribution in [1.82, 2.24) is 35.2 Å². The molecule has 3 heterocycles. The Bertz CT molecular complexity index is 809. The summed E-state index contributed by atoms with van der Waals surface area (Å²) in [5.74, 6) is 3.04. The van der Waals surface area contributed by atoms with Gasteiger partial charge in [0.2, 0.25) is 0 Å². The number of hydrogen-bond acceptors (Lipinski definition) is 5. The van der Waals surface area contributed by atoms with Crippen LogP contribution in [0, 0.1) is 19.8 Å². The van der Waals surface area contributed by atoms with Crippen molar-refractivity contribution in [3.8, 4) is 0 Å². The van der Waals surface area contributed by atoms with Gasteiger partial charge in [-0.3, -0.25) is 9.67 Å². The fraction of sp³-hybridized carbons (Fsp3) is 0.684. The van der Waals surface area contributed by atoms with Gasteiger partial charge >= 0.3 is 0 Å². The standard InChI is InChI=1S/C19H32N8O/c1-13(10-26-15(3)8-14(2)24-26)9-21-19(20-4)22-16-6-7-18-23-17(12-28-5)25-27(18)11-16/h8,13,16H,6-7,9-12H2,1-5H3,(H2,20,21,22). The highest BCUT2D eigenvalue weighted by molar-refractivity contribution is 5.79. The molecule has 2 atom stereocenters. The van der Waals surface area contributed by atoms with Crippen LogP contribution in [0.15, 0.2) is 11.1 Å². The van der Waals surface area contributed by atoms with Crippen molar-refractivity contribution in [2.24, 2.45) is 10.9 Å². The van der Waals surface area contributed by atoms with Crippen molar-refractivity contribution in [3.05, 3.63) is 29.1 Å². The molecule has 0 aliphatic carbocycles. The minimum atomic E-state index is 0.280. The summed E-state index contributed by atoms with van der Waals surface area (Å²) in [4.78, 5) is 8.91. The van der Waals surface area contributed by atoms with E-state index in [4.69, 9.17) is 4.74 Å². The molecule has 1 aliphatic rings. The number of nitrogens with zero attached hydrogens (tertiary/aromatic N) is 6. The lowest BCUT2D eigenvalue weighted by molar-refractivity contribution is 0.177. The number of aliphatic imine (C=N–C) groups is 1. The van der Waals surface area contributed by atoms with Gasteiger partial charge < -0.3 is 15.4 Å². The predicted molar refractivity (Wildman–Crippen MR) is 108 cm³/mol. The van der Waals surface area contributed by atoms with Crippen LogP contribution in [0.2, 0.25) is 0 Å². The Morgan fingerprint density at radius 3 is 2.89 bits per heavy atom. The third-order valence-corrected chi connectivity index (χ3v) is 4.95. The van der Waals surface area contributed by atoms with Crippen molar-refractivity contribution in [3.63, 3.8) is 0 Å². The van der Waals surface area contributed by atoms with E-state index in [9.17, 15) is 0 Å². The zero-order chi connectivity index (χ0) is 20.1. The molecule has 0 radical (unpaired) electrons. The Kier molecular flexibility index (Phi) is 6.66. The molecule has 2 N–H and O–H groups in total. The van der Waals surface area contributed by atoms with Crippen LogP contribution >= 0.6 is 0 Å². The highest BCUT2D eigenvalue weighted by Crippen LogP contribution is 2.13. The monoisotopic (exact) mass is 388 g/mol. The van der Waals surface area contributed by atoms with Crippen molar-refractivity contribution < 1.29 is 4.74 Å². The summed E-state index contributed by atoms with van der Waals surface area (Å²) in [6.07, 6.45) is 1.91. The van der Waals surface area contributed by atoms with Crippen LogP contribution in [0.4, 0.5) is 0 Å². The van der Waals surface area contributed by atoms with Crippen LogP contribution < -0.4 is 10.6 Å². The lowest BCUT2D eigenvalue weighted by Gasteiger charge is -2.26. The van der Waals surface area contributed by atoms with E-state index in [0.29, 0.717) is 12.5 Å². The summed E-state index contributed by atoms with van der Waals surface area (Å²) in [7, 11) is 3.47. The zero-order valence-electron chi connectivity index (χ0n) is 17.6. The quantitative estimate of drug-likeness (QED) is 0.544. The Hall–Kier alpha value is -2.42. The first-order chi connectivity index (χ1) is 13.5. The molecule has 0 fully saturated rings. The van der Waals surface area contributed by atoms with Gasteiger partial charge in [-0.25, -0.2) is 9.67 Å². The van der Waals surface area contributed by atoms with Crippen molar-refractivity contribution in [2.45, 2.75) is 59.4 Å². The molecule has 0 saturated carbocycles. The number of fused-ring (bicyclic) bond motifs is 1. The first-order valence-corrected chi connectivity index (χ1v) is 9.88. The summed E-state index contributed by atoms with van der Waals surface area (Å²) in [6, 6.07) is 2.39. The number of hydrogen-bond donors (Lipinski definition) is 2. The normalized spacial score (nSPS) is 18.0. The third kappa shape index (κ3) is 5.09. The second-order valence-electron chi connectivity index (χ2n) is 7.61. The Morgan fingerprint density at radius 1 is 1.39 bits per heavy atom. The Labute approximate surface area is 166 Å².